The van der Waals surface area contributed by atoms with Gasteiger partial charge < -0.3 is 9.64 Å². The second-order valence-electron chi connectivity index (χ2n) is 7.99. The number of hydrogen-bond acceptors (Lipinski definition) is 6. The van der Waals surface area contributed by atoms with Crippen LogP contribution in [0.3, 0.4) is 0 Å². The van der Waals surface area contributed by atoms with Gasteiger partial charge in [-0.2, -0.15) is 0 Å². The summed E-state index contributed by atoms with van der Waals surface area (Å²) in [6, 6.07) is 10.2. The van der Waals surface area contributed by atoms with E-state index in [-0.39, 0.29) is 11.7 Å². The van der Waals surface area contributed by atoms with E-state index in [2.05, 4.69) is 14.7 Å². The molecular formula is C24H25FN4O2S2. The minimum absolute atomic E-state index is 0.0855. The number of amides is 1. The largest absolute Gasteiger partial charge is 0.379 e. The average molecular weight is 485 g/mol. The number of carbonyl (C=O) groups excluding carboxylic acids is 1. The van der Waals surface area contributed by atoms with E-state index in [4.69, 9.17) is 9.72 Å². The lowest BCUT2D eigenvalue weighted by Crippen LogP contribution is -2.43. The molecule has 1 aliphatic heterocycles. The van der Waals surface area contributed by atoms with Gasteiger partial charge in [0.25, 0.3) is 5.91 Å². The minimum Gasteiger partial charge on any atom is -0.379 e. The van der Waals surface area contributed by atoms with Crippen LogP contribution in [-0.4, -0.2) is 71.0 Å². The van der Waals surface area contributed by atoms with Crippen molar-refractivity contribution in [3.05, 3.63) is 69.7 Å². The maximum atomic E-state index is 13.3. The Hall–Kier alpha value is -2.59. The first kappa shape index (κ1) is 22.2. The van der Waals surface area contributed by atoms with Gasteiger partial charge in [-0.3, -0.25) is 14.1 Å². The van der Waals surface area contributed by atoms with E-state index < -0.39 is 0 Å². The van der Waals surface area contributed by atoms with Crippen molar-refractivity contribution in [1.82, 2.24) is 19.2 Å². The number of aromatic nitrogens is 2. The van der Waals surface area contributed by atoms with E-state index in [0.29, 0.717) is 13.1 Å². The third-order valence-electron chi connectivity index (χ3n) is 5.87. The molecule has 5 rings (SSSR count). The van der Waals surface area contributed by atoms with Gasteiger partial charge in [-0.1, -0.05) is 6.07 Å². The molecule has 172 valence electrons. The standard InChI is InChI=1S/C24H25FN4O2S2/c25-19-5-3-18(4-6-19)21-16-29-20(17-33-24(29)26-21)7-8-28(23(30)22-2-1-15-32-22)10-9-27-11-13-31-14-12-27/h1-6,15-17H,7-14H2. The van der Waals surface area contributed by atoms with E-state index in [1.54, 1.807) is 23.5 Å². The predicted octanol–water partition coefficient (Wildman–Crippen LogP) is 4.28. The third kappa shape index (κ3) is 5.16. The van der Waals surface area contributed by atoms with E-state index in [0.717, 1.165) is 66.1 Å². The van der Waals surface area contributed by atoms with Crippen LogP contribution in [-0.2, 0) is 11.2 Å². The number of ether oxygens (including phenoxy) is 1. The Balaban J connectivity index is 1.30. The average Bonchev–Trinajstić information content (AvgIpc) is 3.58. The summed E-state index contributed by atoms with van der Waals surface area (Å²) in [6.07, 6.45) is 2.73. The van der Waals surface area contributed by atoms with E-state index in [1.165, 1.54) is 23.5 Å². The SMILES string of the molecule is O=C(c1cccs1)N(CCc1csc2nc(-c3ccc(F)cc3)cn12)CCN1CCOCC1. The Labute approximate surface area is 199 Å². The van der Waals surface area contributed by atoms with Crippen molar-refractivity contribution < 1.29 is 13.9 Å². The molecule has 0 unspecified atom stereocenters. The minimum atomic E-state index is -0.256. The topological polar surface area (TPSA) is 50.1 Å². The van der Waals surface area contributed by atoms with Crippen LogP contribution in [0.4, 0.5) is 4.39 Å². The van der Waals surface area contributed by atoms with Crippen LogP contribution in [0.5, 0.6) is 0 Å². The maximum Gasteiger partial charge on any atom is 0.263 e. The van der Waals surface area contributed by atoms with Crippen LogP contribution in [0.15, 0.2) is 53.4 Å². The molecule has 3 aromatic heterocycles. The van der Waals surface area contributed by atoms with Crippen molar-refractivity contribution in [3.63, 3.8) is 0 Å². The normalized spacial score (nSPS) is 14.7. The molecule has 6 nitrogen and oxygen atoms in total. The lowest BCUT2D eigenvalue weighted by molar-refractivity contribution is 0.0326. The van der Waals surface area contributed by atoms with Gasteiger partial charge in [-0.25, -0.2) is 9.37 Å². The van der Waals surface area contributed by atoms with Crippen LogP contribution in [0, 0.1) is 5.82 Å². The second-order valence-corrected chi connectivity index (χ2v) is 9.77. The molecule has 1 fully saturated rings. The third-order valence-corrected chi connectivity index (χ3v) is 7.62. The highest BCUT2D eigenvalue weighted by Crippen LogP contribution is 2.24. The number of nitrogens with zero attached hydrogens (tertiary/aromatic N) is 4. The number of carbonyl (C=O) groups is 1. The molecule has 1 saturated heterocycles. The first-order valence-electron chi connectivity index (χ1n) is 11.0. The lowest BCUT2D eigenvalue weighted by atomic mass is 10.2. The fourth-order valence-electron chi connectivity index (χ4n) is 3.98. The number of imidazole rings is 1. The van der Waals surface area contributed by atoms with Crippen LogP contribution in [0.1, 0.15) is 15.4 Å². The Bertz CT molecular complexity index is 1200. The second kappa shape index (κ2) is 10.1. The van der Waals surface area contributed by atoms with Crippen LogP contribution in [0.2, 0.25) is 0 Å². The van der Waals surface area contributed by atoms with Gasteiger partial charge >= 0.3 is 0 Å². The maximum absolute atomic E-state index is 13.3. The number of rotatable bonds is 8. The van der Waals surface area contributed by atoms with Gasteiger partial charge in [0.2, 0.25) is 0 Å². The molecule has 0 N–H and O–H groups in total. The first-order chi connectivity index (χ1) is 16.2. The lowest BCUT2D eigenvalue weighted by Gasteiger charge is -2.30. The van der Waals surface area contributed by atoms with Crippen molar-refractivity contribution in [2.45, 2.75) is 6.42 Å². The number of fused-ring (bicyclic) bond motifs is 1. The highest BCUT2D eigenvalue weighted by Gasteiger charge is 2.20. The van der Waals surface area contributed by atoms with E-state index in [9.17, 15) is 9.18 Å². The van der Waals surface area contributed by atoms with Gasteiger partial charge in [0, 0.05) is 62.0 Å². The summed E-state index contributed by atoms with van der Waals surface area (Å²) in [5.41, 5.74) is 2.83. The smallest absolute Gasteiger partial charge is 0.263 e. The fourth-order valence-corrected chi connectivity index (χ4v) is 5.57. The molecule has 0 saturated carbocycles. The summed E-state index contributed by atoms with van der Waals surface area (Å²) in [4.78, 5) is 23.8. The summed E-state index contributed by atoms with van der Waals surface area (Å²) in [5, 5.41) is 4.05. The van der Waals surface area contributed by atoms with Gasteiger partial charge in [0.15, 0.2) is 4.96 Å². The van der Waals surface area contributed by atoms with Crippen LogP contribution in [0.25, 0.3) is 16.2 Å². The Morgan fingerprint density at radius 3 is 2.70 bits per heavy atom. The molecule has 9 heteroatoms. The number of halogens is 1. The van der Waals surface area contributed by atoms with Gasteiger partial charge in [-0.15, -0.1) is 22.7 Å². The predicted molar refractivity (Wildman–Crippen MR) is 130 cm³/mol. The zero-order valence-electron chi connectivity index (χ0n) is 18.2. The number of thiophene rings is 1. The molecule has 1 aromatic carbocycles. The molecule has 0 bridgehead atoms. The van der Waals surface area contributed by atoms with Crippen molar-refractivity contribution in [2.24, 2.45) is 0 Å². The molecular weight excluding hydrogens is 459 g/mol. The van der Waals surface area contributed by atoms with Gasteiger partial charge in [0.1, 0.15) is 5.82 Å². The van der Waals surface area contributed by atoms with Crippen molar-refractivity contribution in [1.29, 1.82) is 0 Å². The summed E-state index contributed by atoms with van der Waals surface area (Å²) in [7, 11) is 0. The van der Waals surface area contributed by atoms with E-state index in [1.807, 2.05) is 28.6 Å². The van der Waals surface area contributed by atoms with Gasteiger partial charge in [-0.05, 0) is 35.7 Å². The Morgan fingerprint density at radius 1 is 1.12 bits per heavy atom. The molecule has 0 spiro atoms. The fraction of sp³-hybridized carbons (Fsp3) is 0.333. The molecule has 0 radical (unpaired) electrons. The quantitative estimate of drug-likeness (QED) is 0.375. The van der Waals surface area contributed by atoms with E-state index >= 15 is 0 Å². The van der Waals surface area contributed by atoms with Crippen LogP contribution < -0.4 is 0 Å². The Morgan fingerprint density at radius 2 is 1.94 bits per heavy atom. The summed E-state index contributed by atoms with van der Waals surface area (Å²) >= 11 is 3.06. The first-order valence-corrected chi connectivity index (χ1v) is 12.8. The Kier molecular flexibility index (Phi) is 6.82. The number of benzene rings is 1. The molecule has 0 aliphatic carbocycles. The highest BCUT2D eigenvalue weighted by atomic mass is 32.1. The van der Waals surface area contributed by atoms with Crippen molar-refractivity contribution in [3.8, 4) is 11.3 Å². The van der Waals surface area contributed by atoms with Crippen molar-refractivity contribution >= 4 is 33.5 Å². The molecule has 0 atom stereocenters. The van der Waals surface area contributed by atoms with Gasteiger partial charge in [0.05, 0.1) is 23.8 Å². The molecule has 1 amide bonds. The zero-order chi connectivity index (χ0) is 22.6. The highest BCUT2D eigenvalue weighted by molar-refractivity contribution is 7.15. The van der Waals surface area contributed by atoms with Crippen molar-refractivity contribution in [2.75, 3.05) is 45.9 Å². The molecule has 4 heterocycles. The number of hydrogen-bond donors (Lipinski definition) is 0. The van der Waals surface area contributed by atoms with Crippen LogP contribution >= 0.6 is 22.7 Å². The summed E-state index contributed by atoms with van der Waals surface area (Å²) in [5.74, 6) is -0.171. The number of morpholine rings is 1. The monoisotopic (exact) mass is 484 g/mol. The number of thiazole rings is 1. The summed E-state index contributed by atoms with van der Waals surface area (Å²) < 4.78 is 20.8. The summed E-state index contributed by atoms with van der Waals surface area (Å²) in [6.45, 7) is 5.50. The molecule has 4 aromatic rings. The molecule has 33 heavy (non-hydrogen) atoms. The zero-order valence-corrected chi connectivity index (χ0v) is 19.8. The molecule has 1 aliphatic rings.